The molecular formula is C15H12O5. The molecule has 0 radical (unpaired) electrons. The molecule has 102 valence electrons. The van der Waals surface area contributed by atoms with E-state index in [0.29, 0.717) is 11.5 Å². The van der Waals surface area contributed by atoms with Gasteiger partial charge >= 0.3 is 0 Å². The molecule has 0 bridgehead atoms. The number of rotatable bonds is 2. The van der Waals surface area contributed by atoms with Gasteiger partial charge in [-0.2, -0.15) is 0 Å². The smallest absolute Gasteiger partial charge is 0.237 e. The molecule has 0 saturated carbocycles. The Morgan fingerprint density at radius 3 is 2.25 bits per heavy atom. The van der Waals surface area contributed by atoms with Gasteiger partial charge in [0.25, 0.3) is 0 Å². The second kappa shape index (κ2) is 4.54. The largest absolute Gasteiger partial charge is 0.465 e. The van der Waals surface area contributed by atoms with Crippen molar-refractivity contribution in [2.75, 3.05) is 0 Å². The van der Waals surface area contributed by atoms with E-state index in [0.717, 1.165) is 0 Å². The molecule has 0 aromatic carbocycles. The van der Waals surface area contributed by atoms with Crippen molar-refractivity contribution in [1.29, 1.82) is 0 Å². The minimum absolute atomic E-state index is 0.0303. The second-order valence-electron chi connectivity index (χ2n) is 4.55. The Morgan fingerprint density at radius 2 is 1.70 bits per heavy atom. The predicted molar refractivity (Wildman–Crippen MR) is 70.1 cm³/mol. The van der Waals surface area contributed by atoms with Gasteiger partial charge in [-0.1, -0.05) is 0 Å². The first-order valence-corrected chi connectivity index (χ1v) is 6.03. The summed E-state index contributed by atoms with van der Waals surface area (Å²) >= 11 is 0. The molecule has 5 heteroatoms. The fourth-order valence-electron chi connectivity index (χ4n) is 1.89. The summed E-state index contributed by atoms with van der Waals surface area (Å²) in [4.78, 5) is 12.1. The summed E-state index contributed by atoms with van der Waals surface area (Å²) in [6.45, 7) is 1.38. The molecular weight excluding hydrogens is 260 g/mol. The van der Waals surface area contributed by atoms with Crippen LogP contribution in [0.5, 0.6) is 0 Å². The predicted octanol–water partition coefficient (Wildman–Crippen LogP) is 2.60. The van der Waals surface area contributed by atoms with Crippen molar-refractivity contribution < 1.29 is 23.5 Å². The first-order valence-electron chi connectivity index (χ1n) is 6.03. The molecule has 1 aliphatic rings. The van der Waals surface area contributed by atoms with Gasteiger partial charge in [-0.3, -0.25) is 4.79 Å². The fourth-order valence-corrected chi connectivity index (χ4v) is 1.89. The van der Waals surface area contributed by atoms with Gasteiger partial charge in [-0.25, -0.2) is 0 Å². The summed E-state index contributed by atoms with van der Waals surface area (Å²) in [5.41, 5.74) is -1.72. The van der Waals surface area contributed by atoms with Gasteiger partial charge in [0.15, 0.2) is 11.4 Å². The maximum atomic E-state index is 12.1. The Labute approximate surface area is 114 Å². The van der Waals surface area contributed by atoms with E-state index in [2.05, 4.69) is 0 Å². The number of ether oxygens (including phenoxy) is 1. The van der Waals surface area contributed by atoms with Crippen LogP contribution in [0, 0.1) is 0 Å². The number of Topliss-reactive ketones (excluding diaryl/α,β-unsaturated/α-hetero) is 1. The molecule has 1 saturated heterocycles. The SMILES string of the molecule is CC1(O)C(=O)C(=Cc2ccco2)O/C1=C/c1ccco1. The Kier molecular flexibility index (Phi) is 2.84. The van der Waals surface area contributed by atoms with Crippen LogP contribution >= 0.6 is 0 Å². The third kappa shape index (κ3) is 2.08. The Balaban J connectivity index is 1.97. The van der Waals surface area contributed by atoms with Crippen molar-refractivity contribution in [2.45, 2.75) is 12.5 Å². The Bertz CT molecular complexity index is 672. The van der Waals surface area contributed by atoms with Gasteiger partial charge in [0.05, 0.1) is 12.5 Å². The van der Waals surface area contributed by atoms with E-state index >= 15 is 0 Å². The highest BCUT2D eigenvalue weighted by Gasteiger charge is 2.46. The maximum Gasteiger partial charge on any atom is 0.237 e. The molecule has 1 unspecified atom stereocenters. The van der Waals surface area contributed by atoms with Crippen LogP contribution < -0.4 is 0 Å². The molecule has 1 N–H and O–H groups in total. The molecule has 3 heterocycles. The Hall–Kier alpha value is -2.53. The van der Waals surface area contributed by atoms with Crippen molar-refractivity contribution in [3.8, 4) is 0 Å². The number of aliphatic hydroxyl groups is 1. The van der Waals surface area contributed by atoms with Gasteiger partial charge in [-0.05, 0) is 31.2 Å². The van der Waals surface area contributed by atoms with Crippen molar-refractivity contribution in [2.24, 2.45) is 0 Å². The van der Waals surface area contributed by atoms with E-state index < -0.39 is 11.4 Å². The lowest BCUT2D eigenvalue weighted by Crippen LogP contribution is -2.31. The number of carbonyl (C=O) groups is 1. The zero-order valence-corrected chi connectivity index (χ0v) is 10.7. The first-order chi connectivity index (χ1) is 9.57. The van der Waals surface area contributed by atoms with E-state index in [1.54, 1.807) is 24.3 Å². The maximum absolute atomic E-state index is 12.1. The van der Waals surface area contributed by atoms with Gasteiger partial charge in [0, 0.05) is 12.2 Å². The Morgan fingerprint density at radius 1 is 1.10 bits per heavy atom. The van der Waals surface area contributed by atoms with Crippen LogP contribution in [0.4, 0.5) is 0 Å². The molecule has 3 rings (SSSR count). The first kappa shape index (κ1) is 12.5. The molecule has 1 aliphatic heterocycles. The standard InChI is InChI=1S/C15H12O5/c1-15(17)13(9-11-5-3-7-19-11)20-12(14(15)16)8-10-4-2-6-18-10/h2-9,17H,1H3/b12-8?,13-9+. The third-order valence-corrected chi connectivity index (χ3v) is 3.00. The summed E-state index contributed by atoms with van der Waals surface area (Å²) in [5, 5.41) is 10.3. The van der Waals surface area contributed by atoms with Crippen molar-refractivity contribution >= 4 is 17.9 Å². The molecule has 0 spiro atoms. The van der Waals surface area contributed by atoms with Crippen LogP contribution in [0.1, 0.15) is 18.4 Å². The molecule has 1 atom stereocenters. The minimum Gasteiger partial charge on any atom is -0.465 e. The summed E-state index contributed by atoms with van der Waals surface area (Å²) in [6.07, 6.45) is 5.92. The normalized spacial score (nSPS) is 26.4. The molecule has 20 heavy (non-hydrogen) atoms. The van der Waals surface area contributed by atoms with Gasteiger partial charge < -0.3 is 18.7 Å². The number of hydrogen-bond acceptors (Lipinski definition) is 5. The van der Waals surface area contributed by atoms with Crippen LogP contribution in [-0.2, 0) is 9.53 Å². The van der Waals surface area contributed by atoms with Crippen LogP contribution in [0.15, 0.2) is 57.1 Å². The summed E-state index contributed by atoms with van der Waals surface area (Å²) in [5.74, 6) is 0.598. The summed E-state index contributed by atoms with van der Waals surface area (Å²) in [6, 6.07) is 6.79. The van der Waals surface area contributed by atoms with Crippen LogP contribution in [0.25, 0.3) is 12.2 Å². The van der Waals surface area contributed by atoms with Crippen molar-refractivity contribution in [1.82, 2.24) is 0 Å². The number of hydrogen-bond donors (Lipinski definition) is 1. The van der Waals surface area contributed by atoms with Crippen molar-refractivity contribution in [3.63, 3.8) is 0 Å². The van der Waals surface area contributed by atoms with Crippen LogP contribution in [-0.4, -0.2) is 16.5 Å². The van der Waals surface area contributed by atoms with Gasteiger partial charge in [0.2, 0.25) is 5.78 Å². The molecule has 1 fully saturated rings. The highest BCUT2D eigenvalue weighted by atomic mass is 16.5. The number of carbonyl (C=O) groups excluding carboxylic acids is 1. The quantitative estimate of drug-likeness (QED) is 0.851. The zero-order chi connectivity index (χ0) is 14.2. The molecule has 2 aromatic rings. The van der Waals surface area contributed by atoms with Crippen LogP contribution in [0.3, 0.4) is 0 Å². The molecule has 2 aromatic heterocycles. The lowest BCUT2D eigenvalue weighted by atomic mass is 9.99. The molecule has 5 nitrogen and oxygen atoms in total. The highest BCUT2D eigenvalue weighted by molar-refractivity contribution is 6.08. The lowest BCUT2D eigenvalue weighted by molar-refractivity contribution is -0.126. The number of furan rings is 2. The van der Waals surface area contributed by atoms with Crippen LogP contribution in [0.2, 0.25) is 0 Å². The lowest BCUT2D eigenvalue weighted by Gasteiger charge is -2.11. The highest BCUT2D eigenvalue weighted by Crippen LogP contribution is 2.35. The van der Waals surface area contributed by atoms with E-state index in [9.17, 15) is 9.90 Å². The van der Waals surface area contributed by atoms with E-state index in [1.165, 1.54) is 31.6 Å². The van der Waals surface area contributed by atoms with E-state index in [4.69, 9.17) is 13.6 Å². The minimum atomic E-state index is -1.72. The van der Waals surface area contributed by atoms with Gasteiger partial charge in [-0.15, -0.1) is 0 Å². The molecule has 0 aliphatic carbocycles. The van der Waals surface area contributed by atoms with E-state index in [-0.39, 0.29) is 11.5 Å². The van der Waals surface area contributed by atoms with E-state index in [1.807, 2.05) is 0 Å². The average molecular weight is 272 g/mol. The number of ketones is 1. The topological polar surface area (TPSA) is 72.8 Å². The second-order valence-corrected chi connectivity index (χ2v) is 4.55. The summed E-state index contributed by atoms with van der Waals surface area (Å²) < 4.78 is 15.7. The molecule has 0 amide bonds. The monoisotopic (exact) mass is 272 g/mol. The fraction of sp³-hybridized carbons (Fsp3) is 0.133. The third-order valence-electron chi connectivity index (χ3n) is 3.00. The average Bonchev–Trinajstić information content (AvgIpc) is 3.11. The summed E-state index contributed by atoms with van der Waals surface area (Å²) in [7, 11) is 0. The van der Waals surface area contributed by atoms with Crippen molar-refractivity contribution in [3.05, 3.63) is 59.8 Å². The zero-order valence-electron chi connectivity index (χ0n) is 10.7. The van der Waals surface area contributed by atoms with Gasteiger partial charge in [0.1, 0.15) is 17.3 Å².